The van der Waals surface area contributed by atoms with Gasteiger partial charge in [-0.1, -0.05) is 50.6 Å². The second-order valence-electron chi connectivity index (χ2n) is 5.87. The van der Waals surface area contributed by atoms with Gasteiger partial charge in [-0.3, -0.25) is 9.69 Å². The van der Waals surface area contributed by atoms with Crippen molar-refractivity contribution in [3.63, 3.8) is 0 Å². The van der Waals surface area contributed by atoms with Crippen LogP contribution < -0.4 is 0 Å². The van der Waals surface area contributed by atoms with E-state index in [1.54, 1.807) is 0 Å². The van der Waals surface area contributed by atoms with Gasteiger partial charge in [0.25, 0.3) is 0 Å². The van der Waals surface area contributed by atoms with E-state index in [9.17, 15) is 9.90 Å². The van der Waals surface area contributed by atoms with Crippen LogP contribution in [0.2, 0.25) is 0 Å². The molecule has 2 unspecified atom stereocenters. The second-order valence-corrected chi connectivity index (χ2v) is 5.87. The number of nitrogens with zero attached hydrogens (tertiary/aromatic N) is 1. The molecule has 0 radical (unpaired) electrons. The van der Waals surface area contributed by atoms with Crippen LogP contribution in [0.5, 0.6) is 0 Å². The van der Waals surface area contributed by atoms with Gasteiger partial charge in [0.05, 0.1) is 5.41 Å². The summed E-state index contributed by atoms with van der Waals surface area (Å²) < 4.78 is 0. The Hall–Kier alpha value is -1.35. The molecule has 1 heterocycles. The highest BCUT2D eigenvalue weighted by Crippen LogP contribution is 2.39. The predicted molar refractivity (Wildman–Crippen MR) is 80.6 cm³/mol. The first-order valence-electron chi connectivity index (χ1n) is 7.65. The van der Waals surface area contributed by atoms with Gasteiger partial charge in [0, 0.05) is 12.6 Å². The van der Waals surface area contributed by atoms with Gasteiger partial charge in [-0.25, -0.2) is 0 Å². The third-order valence-electron chi connectivity index (χ3n) is 4.70. The Balaban J connectivity index is 2.18. The maximum absolute atomic E-state index is 11.6. The molecule has 110 valence electrons. The lowest BCUT2D eigenvalue weighted by Gasteiger charge is -2.30. The zero-order valence-electron chi connectivity index (χ0n) is 12.5. The van der Waals surface area contributed by atoms with E-state index in [0.29, 0.717) is 19.0 Å². The normalized spacial score (nSPS) is 24.7. The van der Waals surface area contributed by atoms with Gasteiger partial charge < -0.3 is 5.11 Å². The first-order valence-corrected chi connectivity index (χ1v) is 7.65. The molecule has 0 aliphatic carbocycles. The van der Waals surface area contributed by atoms with Crippen molar-refractivity contribution in [2.75, 3.05) is 13.1 Å². The molecule has 1 N–H and O–H groups in total. The third-order valence-corrected chi connectivity index (χ3v) is 4.70. The lowest BCUT2D eigenvalue weighted by atomic mass is 9.84. The van der Waals surface area contributed by atoms with Crippen LogP contribution in [0, 0.1) is 5.41 Å². The number of aliphatic carboxylic acids is 1. The average Bonchev–Trinajstić information content (AvgIpc) is 2.91. The number of hydrogen-bond acceptors (Lipinski definition) is 2. The van der Waals surface area contributed by atoms with Crippen molar-refractivity contribution >= 4 is 5.97 Å². The van der Waals surface area contributed by atoms with Gasteiger partial charge in [-0.05, 0) is 31.4 Å². The number of likely N-dealkylation sites (tertiary alicyclic amines) is 1. The maximum atomic E-state index is 11.6. The van der Waals surface area contributed by atoms with Crippen molar-refractivity contribution in [1.29, 1.82) is 0 Å². The minimum absolute atomic E-state index is 0.356. The highest BCUT2D eigenvalue weighted by atomic mass is 16.4. The maximum Gasteiger partial charge on any atom is 0.310 e. The Bertz CT molecular complexity index is 446. The predicted octanol–water partition coefficient (Wildman–Crippen LogP) is 3.71. The molecular formula is C17H25NO2. The summed E-state index contributed by atoms with van der Waals surface area (Å²) in [5, 5.41) is 9.54. The molecule has 0 bridgehead atoms. The van der Waals surface area contributed by atoms with Gasteiger partial charge >= 0.3 is 5.97 Å². The van der Waals surface area contributed by atoms with E-state index in [1.807, 2.05) is 13.0 Å². The summed E-state index contributed by atoms with van der Waals surface area (Å²) >= 11 is 0. The van der Waals surface area contributed by atoms with Gasteiger partial charge in [-0.2, -0.15) is 0 Å². The number of hydrogen-bond donors (Lipinski definition) is 1. The molecule has 20 heavy (non-hydrogen) atoms. The van der Waals surface area contributed by atoms with E-state index >= 15 is 0 Å². The summed E-state index contributed by atoms with van der Waals surface area (Å²) in [6.07, 6.45) is 3.68. The van der Waals surface area contributed by atoms with Crippen LogP contribution in [0.3, 0.4) is 0 Å². The molecule has 1 aliphatic rings. The Kier molecular flexibility index (Phi) is 4.81. The molecule has 1 fully saturated rings. The van der Waals surface area contributed by atoms with Gasteiger partial charge in [-0.15, -0.1) is 0 Å². The molecule has 0 aromatic heterocycles. The fourth-order valence-corrected chi connectivity index (χ4v) is 3.29. The first-order chi connectivity index (χ1) is 9.63. The largest absolute Gasteiger partial charge is 0.481 e. The molecule has 1 aliphatic heterocycles. The molecule has 3 heteroatoms. The summed E-state index contributed by atoms with van der Waals surface area (Å²) in [7, 11) is 0. The molecule has 2 atom stereocenters. The topological polar surface area (TPSA) is 40.5 Å². The van der Waals surface area contributed by atoms with E-state index < -0.39 is 11.4 Å². The van der Waals surface area contributed by atoms with E-state index in [4.69, 9.17) is 0 Å². The van der Waals surface area contributed by atoms with Crippen LogP contribution in [0.4, 0.5) is 0 Å². The smallest absolute Gasteiger partial charge is 0.310 e. The van der Waals surface area contributed by atoms with Crippen LogP contribution in [-0.4, -0.2) is 29.1 Å². The fourth-order valence-electron chi connectivity index (χ4n) is 3.29. The zero-order valence-corrected chi connectivity index (χ0v) is 12.5. The Morgan fingerprint density at radius 2 is 2.05 bits per heavy atom. The van der Waals surface area contributed by atoms with Crippen molar-refractivity contribution in [3.05, 3.63) is 35.9 Å². The van der Waals surface area contributed by atoms with Gasteiger partial charge in [0.1, 0.15) is 0 Å². The van der Waals surface area contributed by atoms with Gasteiger partial charge in [0.15, 0.2) is 0 Å². The minimum Gasteiger partial charge on any atom is -0.481 e. The van der Waals surface area contributed by atoms with E-state index in [-0.39, 0.29) is 0 Å². The zero-order chi connectivity index (χ0) is 14.6. The lowest BCUT2D eigenvalue weighted by Crippen LogP contribution is -2.35. The monoisotopic (exact) mass is 275 g/mol. The van der Waals surface area contributed by atoms with Crippen molar-refractivity contribution in [2.45, 2.75) is 45.6 Å². The summed E-state index contributed by atoms with van der Waals surface area (Å²) in [5.41, 5.74) is 0.771. The highest BCUT2D eigenvalue weighted by molar-refractivity contribution is 5.75. The van der Waals surface area contributed by atoms with Crippen LogP contribution in [0.1, 0.15) is 51.1 Å². The molecule has 1 saturated heterocycles. The first kappa shape index (κ1) is 15.0. The van der Waals surface area contributed by atoms with Crippen LogP contribution in [-0.2, 0) is 4.79 Å². The number of rotatable bonds is 6. The Morgan fingerprint density at radius 1 is 1.35 bits per heavy atom. The minimum atomic E-state index is -0.634. The van der Waals surface area contributed by atoms with E-state index in [1.165, 1.54) is 5.56 Å². The summed E-state index contributed by atoms with van der Waals surface area (Å²) in [6.45, 7) is 5.75. The molecule has 1 aromatic carbocycles. The third kappa shape index (κ3) is 2.88. The van der Waals surface area contributed by atoms with Crippen molar-refractivity contribution in [2.24, 2.45) is 5.41 Å². The summed E-state index contributed by atoms with van der Waals surface area (Å²) in [6, 6.07) is 10.8. The van der Waals surface area contributed by atoms with Crippen molar-refractivity contribution in [3.8, 4) is 0 Å². The van der Waals surface area contributed by atoms with Crippen molar-refractivity contribution < 1.29 is 9.90 Å². The lowest BCUT2D eigenvalue weighted by molar-refractivity contribution is -0.148. The van der Waals surface area contributed by atoms with Gasteiger partial charge in [0.2, 0.25) is 0 Å². The Labute approximate surface area is 121 Å². The van der Waals surface area contributed by atoms with Crippen LogP contribution >= 0.6 is 0 Å². The number of carboxylic acids is 1. The fraction of sp³-hybridized carbons (Fsp3) is 0.588. The molecule has 1 aromatic rings. The molecule has 0 spiro atoms. The SMILES string of the molecule is CCCC(c1ccccc1)N1CCC(CC)(C(=O)O)C1. The number of benzene rings is 1. The van der Waals surface area contributed by atoms with E-state index in [0.717, 1.165) is 25.8 Å². The molecule has 0 amide bonds. The highest BCUT2D eigenvalue weighted by Gasteiger charge is 2.44. The van der Waals surface area contributed by atoms with Crippen LogP contribution in [0.25, 0.3) is 0 Å². The second kappa shape index (κ2) is 6.40. The average molecular weight is 275 g/mol. The molecule has 3 nitrogen and oxygen atoms in total. The number of carbonyl (C=O) groups is 1. The molecule has 0 saturated carbocycles. The molecule has 2 rings (SSSR count). The van der Waals surface area contributed by atoms with Crippen molar-refractivity contribution in [1.82, 2.24) is 4.90 Å². The van der Waals surface area contributed by atoms with E-state index in [2.05, 4.69) is 36.1 Å². The summed E-state index contributed by atoms with van der Waals surface area (Å²) in [4.78, 5) is 14.0. The Morgan fingerprint density at radius 3 is 2.55 bits per heavy atom. The van der Waals surface area contributed by atoms with Crippen LogP contribution in [0.15, 0.2) is 30.3 Å². The number of carboxylic acid groups (broad SMARTS) is 1. The quantitative estimate of drug-likeness (QED) is 0.860. The summed E-state index contributed by atoms with van der Waals surface area (Å²) in [5.74, 6) is -0.634. The molecular weight excluding hydrogens is 250 g/mol. The standard InChI is InChI=1S/C17H25NO2/c1-3-8-15(14-9-6-5-7-10-14)18-12-11-17(4-2,13-18)16(19)20/h5-7,9-10,15H,3-4,8,11-13H2,1-2H3,(H,19,20).